The number of hydrogen-bond acceptors (Lipinski definition) is 2. The van der Waals surface area contributed by atoms with Crippen LogP contribution < -0.4 is 4.74 Å². The number of ether oxygens (including phenoxy) is 1. The predicted octanol–water partition coefficient (Wildman–Crippen LogP) is 6.61. The number of para-hydroxylation sites is 1. The van der Waals surface area contributed by atoms with Crippen molar-refractivity contribution in [2.75, 3.05) is 0 Å². The van der Waals surface area contributed by atoms with Gasteiger partial charge in [0.2, 0.25) is 0 Å². The Morgan fingerprint density at radius 3 is 2.12 bits per heavy atom. The third-order valence-corrected chi connectivity index (χ3v) is 5.34. The number of Topliss-reactive ketones (excluding diaryl/α,β-unsaturated/α-hetero) is 1. The van der Waals surface area contributed by atoms with Gasteiger partial charge < -0.3 is 4.74 Å². The fraction of sp³-hybridized carbons (Fsp3) is 0.0455. The van der Waals surface area contributed by atoms with E-state index in [9.17, 15) is 4.79 Å². The van der Waals surface area contributed by atoms with Crippen LogP contribution in [0.2, 0.25) is 0 Å². The molecule has 1 aliphatic rings. The molecule has 1 heterocycles. The zero-order valence-electron chi connectivity index (χ0n) is 13.7. The first kappa shape index (κ1) is 17.3. The number of fused-ring (bicyclic) bond motifs is 1. The average molecular weight is 470 g/mol. The molecule has 0 amide bonds. The summed E-state index contributed by atoms with van der Waals surface area (Å²) >= 11 is 6.90. The largest absolute Gasteiger partial charge is 0.480 e. The van der Waals surface area contributed by atoms with Crippen molar-refractivity contribution in [2.45, 2.75) is 6.10 Å². The van der Waals surface area contributed by atoms with E-state index in [1.54, 1.807) is 0 Å². The first-order valence-electron chi connectivity index (χ1n) is 8.15. The van der Waals surface area contributed by atoms with Crippen molar-refractivity contribution in [1.82, 2.24) is 0 Å². The van der Waals surface area contributed by atoms with Gasteiger partial charge in [-0.1, -0.05) is 68.3 Å². The van der Waals surface area contributed by atoms with E-state index in [1.165, 1.54) is 0 Å². The van der Waals surface area contributed by atoms with Crippen LogP contribution >= 0.6 is 31.9 Å². The van der Waals surface area contributed by atoms with Gasteiger partial charge in [-0.3, -0.25) is 4.79 Å². The second-order valence-electron chi connectivity index (χ2n) is 6.03. The Labute approximate surface area is 168 Å². The standard InChI is InChI=1S/C22H14Br2O2/c23-16-9-5-14(6-10-16)13-19-21(25)18-3-1-2-4-20(18)26-22(19)15-7-11-17(24)12-8-15/h1-13,22H. The van der Waals surface area contributed by atoms with Gasteiger partial charge in [0.25, 0.3) is 0 Å². The smallest absolute Gasteiger partial charge is 0.196 e. The number of rotatable bonds is 2. The van der Waals surface area contributed by atoms with Crippen LogP contribution in [-0.4, -0.2) is 5.78 Å². The van der Waals surface area contributed by atoms with Crippen LogP contribution in [0.5, 0.6) is 5.75 Å². The lowest BCUT2D eigenvalue weighted by molar-refractivity contribution is 0.0963. The second-order valence-corrected chi connectivity index (χ2v) is 7.86. The van der Waals surface area contributed by atoms with E-state index in [2.05, 4.69) is 31.9 Å². The van der Waals surface area contributed by atoms with Crippen molar-refractivity contribution >= 4 is 43.7 Å². The van der Waals surface area contributed by atoms with Crippen LogP contribution in [0.15, 0.2) is 87.3 Å². The number of benzene rings is 3. The Kier molecular flexibility index (Phi) is 4.79. The summed E-state index contributed by atoms with van der Waals surface area (Å²) in [7, 11) is 0. The van der Waals surface area contributed by atoms with E-state index in [-0.39, 0.29) is 5.78 Å². The molecule has 0 saturated carbocycles. The van der Waals surface area contributed by atoms with Gasteiger partial charge in [-0.2, -0.15) is 0 Å². The molecule has 4 heteroatoms. The van der Waals surface area contributed by atoms with E-state index >= 15 is 0 Å². The fourth-order valence-electron chi connectivity index (χ4n) is 2.99. The Hall–Kier alpha value is -2.17. The molecular formula is C22H14Br2O2. The molecule has 0 aromatic heterocycles. The average Bonchev–Trinajstić information content (AvgIpc) is 2.66. The van der Waals surface area contributed by atoms with E-state index in [0.717, 1.165) is 20.1 Å². The Balaban J connectivity index is 1.84. The van der Waals surface area contributed by atoms with Crippen LogP contribution in [0, 0.1) is 0 Å². The van der Waals surface area contributed by atoms with Gasteiger partial charge in [0.05, 0.1) is 5.56 Å². The fourth-order valence-corrected chi connectivity index (χ4v) is 3.52. The monoisotopic (exact) mass is 468 g/mol. The summed E-state index contributed by atoms with van der Waals surface area (Å²) in [6.45, 7) is 0. The summed E-state index contributed by atoms with van der Waals surface area (Å²) in [5, 5.41) is 0. The van der Waals surface area contributed by atoms with E-state index in [1.807, 2.05) is 78.9 Å². The van der Waals surface area contributed by atoms with E-state index in [0.29, 0.717) is 16.9 Å². The van der Waals surface area contributed by atoms with Crippen LogP contribution in [0.25, 0.3) is 6.08 Å². The third-order valence-electron chi connectivity index (χ3n) is 4.29. The molecule has 0 spiro atoms. The molecule has 3 aromatic carbocycles. The van der Waals surface area contributed by atoms with E-state index in [4.69, 9.17) is 4.74 Å². The van der Waals surface area contributed by atoms with Crippen molar-refractivity contribution in [3.05, 3.63) is 104 Å². The maximum absolute atomic E-state index is 13.2. The van der Waals surface area contributed by atoms with Gasteiger partial charge >= 0.3 is 0 Å². The highest BCUT2D eigenvalue weighted by Crippen LogP contribution is 2.39. The molecule has 0 N–H and O–H groups in total. The van der Waals surface area contributed by atoms with Crippen LogP contribution in [0.4, 0.5) is 0 Å². The first-order valence-corrected chi connectivity index (χ1v) is 9.73. The summed E-state index contributed by atoms with van der Waals surface area (Å²) in [6.07, 6.45) is 1.48. The lowest BCUT2D eigenvalue weighted by Gasteiger charge is -2.28. The lowest BCUT2D eigenvalue weighted by atomic mass is 9.89. The lowest BCUT2D eigenvalue weighted by Crippen LogP contribution is -2.23. The molecule has 0 radical (unpaired) electrons. The molecular weight excluding hydrogens is 456 g/mol. The normalized spacial score (nSPS) is 17.7. The minimum Gasteiger partial charge on any atom is -0.480 e. The van der Waals surface area contributed by atoms with E-state index < -0.39 is 6.10 Å². The van der Waals surface area contributed by atoms with Crippen molar-refractivity contribution in [3.8, 4) is 5.75 Å². The van der Waals surface area contributed by atoms with Crippen LogP contribution in [0.3, 0.4) is 0 Å². The molecule has 0 fully saturated rings. The zero-order valence-corrected chi connectivity index (χ0v) is 16.8. The van der Waals surface area contributed by atoms with Gasteiger partial charge in [0.1, 0.15) is 5.75 Å². The Morgan fingerprint density at radius 1 is 0.808 bits per heavy atom. The number of ketones is 1. The summed E-state index contributed by atoms with van der Waals surface area (Å²) in [5.41, 5.74) is 3.14. The quantitative estimate of drug-likeness (QED) is 0.394. The molecule has 0 bridgehead atoms. The Bertz CT molecular complexity index is 989. The van der Waals surface area contributed by atoms with Gasteiger partial charge in [-0.05, 0) is 53.6 Å². The maximum atomic E-state index is 13.2. The third kappa shape index (κ3) is 3.39. The minimum absolute atomic E-state index is 0.00249. The molecule has 2 nitrogen and oxygen atoms in total. The molecule has 0 saturated heterocycles. The molecule has 128 valence electrons. The van der Waals surface area contributed by atoms with Crippen molar-refractivity contribution in [3.63, 3.8) is 0 Å². The summed E-state index contributed by atoms with van der Waals surface area (Å²) < 4.78 is 8.21. The highest BCUT2D eigenvalue weighted by molar-refractivity contribution is 9.10. The van der Waals surface area contributed by atoms with Crippen molar-refractivity contribution < 1.29 is 9.53 Å². The van der Waals surface area contributed by atoms with Gasteiger partial charge in [0, 0.05) is 14.5 Å². The topological polar surface area (TPSA) is 26.3 Å². The number of halogens is 2. The predicted molar refractivity (Wildman–Crippen MR) is 110 cm³/mol. The van der Waals surface area contributed by atoms with Crippen LogP contribution in [-0.2, 0) is 0 Å². The van der Waals surface area contributed by atoms with Gasteiger partial charge in [-0.15, -0.1) is 0 Å². The molecule has 0 aliphatic carbocycles. The zero-order chi connectivity index (χ0) is 18.1. The summed E-state index contributed by atoms with van der Waals surface area (Å²) in [5.74, 6) is 0.626. The Morgan fingerprint density at radius 2 is 1.42 bits per heavy atom. The minimum atomic E-state index is -0.436. The van der Waals surface area contributed by atoms with Crippen LogP contribution in [0.1, 0.15) is 27.6 Å². The van der Waals surface area contributed by atoms with Crippen molar-refractivity contribution in [2.24, 2.45) is 0 Å². The SMILES string of the molecule is O=C1C(=Cc2ccc(Br)cc2)C(c2ccc(Br)cc2)Oc2ccccc21. The van der Waals surface area contributed by atoms with Gasteiger partial charge in [0.15, 0.2) is 11.9 Å². The molecule has 1 aliphatic heterocycles. The van der Waals surface area contributed by atoms with Gasteiger partial charge in [-0.25, -0.2) is 0 Å². The molecule has 4 rings (SSSR count). The number of hydrogen-bond donors (Lipinski definition) is 0. The molecule has 1 atom stereocenters. The molecule has 3 aromatic rings. The number of carbonyl (C=O) groups excluding carboxylic acids is 1. The van der Waals surface area contributed by atoms with Crippen molar-refractivity contribution in [1.29, 1.82) is 0 Å². The first-order chi connectivity index (χ1) is 12.6. The summed E-state index contributed by atoms with van der Waals surface area (Å²) in [6, 6.07) is 23.1. The molecule has 26 heavy (non-hydrogen) atoms. The highest BCUT2D eigenvalue weighted by Gasteiger charge is 2.32. The number of carbonyl (C=O) groups is 1. The summed E-state index contributed by atoms with van der Waals surface area (Å²) in [4.78, 5) is 13.2. The molecule has 1 unspecified atom stereocenters. The highest BCUT2D eigenvalue weighted by atomic mass is 79.9. The maximum Gasteiger partial charge on any atom is 0.196 e. The second kappa shape index (κ2) is 7.22.